The molecule has 0 atom stereocenters. The van der Waals surface area contributed by atoms with Gasteiger partial charge in [-0.3, -0.25) is 4.79 Å². The molecule has 1 aromatic rings. The summed E-state index contributed by atoms with van der Waals surface area (Å²) in [6, 6.07) is 5.48. The van der Waals surface area contributed by atoms with Crippen LogP contribution in [0.2, 0.25) is 0 Å². The van der Waals surface area contributed by atoms with Gasteiger partial charge in [-0.2, -0.15) is 0 Å². The van der Waals surface area contributed by atoms with Crippen LogP contribution in [0.4, 0.5) is 5.69 Å². The molecular weight excluding hydrogens is 238 g/mol. The molecular formula is C12H17NO3S. The first-order valence-corrected chi connectivity index (χ1v) is 6.38. The van der Waals surface area contributed by atoms with Gasteiger partial charge in [0.1, 0.15) is 5.75 Å². The van der Waals surface area contributed by atoms with Crippen molar-refractivity contribution in [3.8, 4) is 5.75 Å². The van der Waals surface area contributed by atoms with Crippen LogP contribution in [0.15, 0.2) is 23.1 Å². The van der Waals surface area contributed by atoms with Crippen molar-refractivity contribution in [2.45, 2.75) is 18.2 Å². The molecule has 5 heteroatoms. The minimum atomic E-state index is -0.172. The van der Waals surface area contributed by atoms with E-state index in [9.17, 15) is 4.79 Å². The molecule has 0 aromatic heterocycles. The fourth-order valence-electron chi connectivity index (χ4n) is 1.28. The highest BCUT2D eigenvalue weighted by Gasteiger charge is 2.06. The number of anilines is 1. The van der Waals surface area contributed by atoms with E-state index in [0.29, 0.717) is 24.5 Å². The number of nitrogen functional groups attached to an aromatic ring is 1. The summed E-state index contributed by atoms with van der Waals surface area (Å²) in [5.41, 5.74) is 6.32. The average molecular weight is 255 g/mol. The first kappa shape index (κ1) is 13.7. The predicted octanol–water partition coefficient (Wildman–Crippen LogP) is 2.32. The van der Waals surface area contributed by atoms with Crippen molar-refractivity contribution < 1.29 is 14.3 Å². The minimum Gasteiger partial charge on any atom is -0.496 e. The Morgan fingerprint density at radius 3 is 2.88 bits per heavy atom. The molecule has 4 nitrogen and oxygen atoms in total. The fraction of sp³-hybridized carbons (Fsp3) is 0.417. The molecule has 0 heterocycles. The minimum absolute atomic E-state index is 0.172. The Morgan fingerprint density at radius 1 is 1.47 bits per heavy atom. The second kappa shape index (κ2) is 7.06. The van der Waals surface area contributed by atoms with E-state index in [1.165, 1.54) is 0 Å². The van der Waals surface area contributed by atoms with Crippen molar-refractivity contribution in [3.63, 3.8) is 0 Å². The summed E-state index contributed by atoms with van der Waals surface area (Å²) in [4.78, 5) is 12.1. The van der Waals surface area contributed by atoms with E-state index in [2.05, 4.69) is 0 Å². The van der Waals surface area contributed by atoms with Crippen LogP contribution in [0, 0.1) is 0 Å². The SMILES string of the molecule is CCOC(=O)CCSc1ccc(N)cc1OC. The molecule has 0 amide bonds. The number of esters is 1. The summed E-state index contributed by atoms with van der Waals surface area (Å²) in [6.07, 6.45) is 0.395. The third kappa shape index (κ3) is 4.56. The number of hydrogen-bond donors (Lipinski definition) is 1. The lowest BCUT2D eigenvalue weighted by Gasteiger charge is -2.08. The zero-order valence-corrected chi connectivity index (χ0v) is 10.9. The van der Waals surface area contributed by atoms with Gasteiger partial charge in [0, 0.05) is 22.4 Å². The number of thioether (sulfide) groups is 1. The summed E-state index contributed by atoms with van der Waals surface area (Å²) in [5, 5.41) is 0. The van der Waals surface area contributed by atoms with Crippen LogP contribution >= 0.6 is 11.8 Å². The van der Waals surface area contributed by atoms with Crippen molar-refractivity contribution >= 4 is 23.4 Å². The number of rotatable bonds is 6. The summed E-state index contributed by atoms with van der Waals surface area (Å²) in [6.45, 7) is 2.22. The molecule has 0 spiro atoms. The van der Waals surface area contributed by atoms with Gasteiger partial charge >= 0.3 is 5.97 Å². The Hall–Kier alpha value is -1.36. The van der Waals surface area contributed by atoms with Crippen LogP contribution in [-0.2, 0) is 9.53 Å². The second-order valence-corrected chi connectivity index (χ2v) is 4.45. The average Bonchev–Trinajstić information content (AvgIpc) is 2.31. The Morgan fingerprint density at radius 2 is 2.24 bits per heavy atom. The molecule has 0 aliphatic rings. The molecule has 0 bridgehead atoms. The molecule has 0 unspecified atom stereocenters. The lowest BCUT2D eigenvalue weighted by molar-refractivity contribution is -0.142. The van der Waals surface area contributed by atoms with Crippen molar-refractivity contribution in [1.29, 1.82) is 0 Å². The quantitative estimate of drug-likeness (QED) is 0.480. The fourth-order valence-corrected chi connectivity index (χ4v) is 2.22. The lowest BCUT2D eigenvalue weighted by atomic mass is 10.3. The number of benzene rings is 1. The van der Waals surface area contributed by atoms with Crippen molar-refractivity contribution in [3.05, 3.63) is 18.2 Å². The lowest BCUT2D eigenvalue weighted by Crippen LogP contribution is -2.04. The molecule has 0 radical (unpaired) electrons. The van der Waals surface area contributed by atoms with Gasteiger partial charge in [0.05, 0.1) is 20.1 Å². The first-order chi connectivity index (χ1) is 8.17. The maximum absolute atomic E-state index is 11.2. The summed E-state index contributed by atoms with van der Waals surface area (Å²) in [7, 11) is 1.60. The van der Waals surface area contributed by atoms with E-state index in [1.54, 1.807) is 31.9 Å². The topological polar surface area (TPSA) is 61.5 Å². The van der Waals surface area contributed by atoms with Crippen LogP contribution in [0.25, 0.3) is 0 Å². The summed E-state index contributed by atoms with van der Waals surface area (Å²) < 4.78 is 10.1. The Labute approximate surface area is 105 Å². The van der Waals surface area contributed by atoms with Gasteiger partial charge in [0.2, 0.25) is 0 Å². The smallest absolute Gasteiger partial charge is 0.306 e. The number of carbonyl (C=O) groups is 1. The highest BCUT2D eigenvalue weighted by molar-refractivity contribution is 7.99. The Bertz CT molecular complexity index is 382. The maximum atomic E-state index is 11.2. The van der Waals surface area contributed by atoms with Crippen LogP contribution in [-0.4, -0.2) is 25.4 Å². The van der Waals surface area contributed by atoms with Gasteiger partial charge in [-0.1, -0.05) is 0 Å². The molecule has 2 N–H and O–H groups in total. The van der Waals surface area contributed by atoms with E-state index in [1.807, 2.05) is 12.1 Å². The zero-order valence-electron chi connectivity index (χ0n) is 10.1. The number of methoxy groups -OCH3 is 1. The van der Waals surface area contributed by atoms with Gasteiger partial charge in [-0.25, -0.2) is 0 Å². The van der Waals surface area contributed by atoms with Gasteiger partial charge in [0.25, 0.3) is 0 Å². The number of ether oxygens (including phenoxy) is 2. The van der Waals surface area contributed by atoms with E-state index in [0.717, 1.165) is 10.6 Å². The molecule has 0 saturated heterocycles. The third-order valence-corrected chi connectivity index (χ3v) is 3.11. The largest absolute Gasteiger partial charge is 0.496 e. The Kier molecular flexibility index (Phi) is 5.69. The summed E-state index contributed by atoms with van der Waals surface area (Å²) >= 11 is 1.55. The van der Waals surface area contributed by atoms with Crippen LogP contribution in [0.3, 0.4) is 0 Å². The second-order valence-electron chi connectivity index (χ2n) is 3.31. The number of hydrogen-bond acceptors (Lipinski definition) is 5. The highest BCUT2D eigenvalue weighted by atomic mass is 32.2. The van der Waals surface area contributed by atoms with E-state index < -0.39 is 0 Å². The molecule has 0 aliphatic carbocycles. The third-order valence-electron chi connectivity index (χ3n) is 2.06. The van der Waals surface area contributed by atoms with Crippen molar-refractivity contribution in [1.82, 2.24) is 0 Å². The zero-order chi connectivity index (χ0) is 12.7. The van der Waals surface area contributed by atoms with E-state index in [-0.39, 0.29) is 5.97 Å². The first-order valence-electron chi connectivity index (χ1n) is 5.39. The molecule has 94 valence electrons. The molecule has 0 saturated carbocycles. The maximum Gasteiger partial charge on any atom is 0.306 e. The standard InChI is InChI=1S/C12H17NO3S/c1-3-16-12(14)6-7-17-11-5-4-9(13)8-10(11)15-2/h4-5,8H,3,6-7,13H2,1-2H3. The van der Waals surface area contributed by atoms with E-state index >= 15 is 0 Å². The van der Waals surface area contributed by atoms with Crippen molar-refractivity contribution in [2.75, 3.05) is 25.2 Å². The van der Waals surface area contributed by atoms with Gasteiger partial charge in [-0.15, -0.1) is 11.8 Å². The van der Waals surface area contributed by atoms with Gasteiger partial charge in [0.15, 0.2) is 0 Å². The van der Waals surface area contributed by atoms with Crippen LogP contribution < -0.4 is 10.5 Å². The molecule has 1 rings (SSSR count). The molecule has 0 fully saturated rings. The monoisotopic (exact) mass is 255 g/mol. The molecule has 1 aromatic carbocycles. The number of nitrogens with two attached hydrogens (primary N) is 1. The van der Waals surface area contributed by atoms with Gasteiger partial charge in [-0.05, 0) is 19.1 Å². The number of carbonyl (C=O) groups excluding carboxylic acids is 1. The van der Waals surface area contributed by atoms with Crippen LogP contribution in [0.5, 0.6) is 5.75 Å². The van der Waals surface area contributed by atoms with E-state index in [4.69, 9.17) is 15.2 Å². The summed E-state index contributed by atoms with van der Waals surface area (Å²) in [5.74, 6) is 1.23. The Balaban J connectivity index is 2.49. The highest BCUT2D eigenvalue weighted by Crippen LogP contribution is 2.31. The molecule has 17 heavy (non-hydrogen) atoms. The van der Waals surface area contributed by atoms with Gasteiger partial charge < -0.3 is 15.2 Å². The predicted molar refractivity (Wildman–Crippen MR) is 69.4 cm³/mol. The van der Waals surface area contributed by atoms with Crippen LogP contribution in [0.1, 0.15) is 13.3 Å². The molecule has 0 aliphatic heterocycles. The normalized spacial score (nSPS) is 10.0. The van der Waals surface area contributed by atoms with Crippen molar-refractivity contribution in [2.24, 2.45) is 0 Å².